The Hall–Kier alpha value is -1.62. The number of aliphatic imine (C=N–C) groups is 1. The molecule has 1 heterocycles. The molecule has 0 atom stereocenters. The summed E-state index contributed by atoms with van der Waals surface area (Å²) in [6, 6.07) is 4.49. The van der Waals surface area contributed by atoms with E-state index in [4.69, 9.17) is 11.6 Å². The van der Waals surface area contributed by atoms with Gasteiger partial charge in [0.15, 0.2) is 0 Å². The molecule has 0 amide bonds. The third-order valence-corrected chi connectivity index (χ3v) is 2.37. The normalized spacial score (nSPS) is 15.0. The zero-order valence-electron chi connectivity index (χ0n) is 8.37. The van der Waals surface area contributed by atoms with Crippen molar-refractivity contribution in [3.63, 3.8) is 0 Å². The van der Waals surface area contributed by atoms with Gasteiger partial charge in [0, 0.05) is 12.1 Å². The van der Waals surface area contributed by atoms with Gasteiger partial charge in [0.1, 0.15) is 5.82 Å². The molecule has 84 valence electrons. The lowest BCUT2D eigenvalue weighted by Gasteiger charge is -2.01. The summed E-state index contributed by atoms with van der Waals surface area (Å²) in [6.45, 7) is 1.51. The number of hydrogen-bond donors (Lipinski definition) is 2. The van der Waals surface area contributed by atoms with Crippen LogP contribution in [0.3, 0.4) is 0 Å². The van der Waals surface area contributed by atoms with Crippen LogP contribution in [0.1, 0.15) is 5.56 Å². The van der Waals surface area contributed by atoms with Gasteiger partial charge in [-0.1, -0.05) is 17.7 Å². The van der Waals surface area contributed by atoms with E-state index in [1.165, 1.54) is 12.3 Å². The smallest absolute Gasteiger partial charge is 0.212 e. The highest BCUT2D eigenvalue weighted by molar-refractivity contribution is 6.33. The Kier molecular flexibility index (Phi) is 3.36. The van der Waals surface area contributed by atoms with Gasteiger partial charge in [-0.3, -0.25) is 0 Å². The highest BCUT2D eigenvalue weighted by Gasteiger charge is 2.04. The van der Waals surface area contributed by atoms with Crippen LogP contribution in [-0.4, -0.2) is 25.3 Å². The Bertz CT molecular complexity index is 424. The predicted octanol–water partition coefficient (Wildman–Crippen LogP) is 1.36. The van der Waals surface area contributed by atoms with Crippen molar-refractivity contribution in [3.05, 3.63) is 34.6 Å². The fourth-order valence-corrected chi connectivity index (χ4v) is 1.48. The second kappa shape index (κ2) is 4.94. The third-order valence-electron chi connectivity index (χ3n) is 2.04. The number of nitrogens with zero attached hydrogens (tertiary/aromatic N) is 2. The number of benzene rings is 1. The zero-order chi connectivity index (χ0) is 11.4. The van der Waals surface area contributed by atoms with Crippen LogP contribution in [0.15, 0.2) is 28.3 Å². The Balaban J connectivity index is 2.05. The molecule has 1 aromatic carbocycles. The lowest BCUT2D eigenvalue weighted by atomic mass is 10.2. The predicted molar refractivity (Wildman–Crippen MR) is 62.4 cm³/mol. The van der Waals surface area contributed by atoms with Gasteiger partial charge in [0.2, 0.25) is 5.96 Å². The van der Waals surface area contributed by atoms with Crippen molar-refractivity contribution in [2.45, 2.75) is 0 Å². The van der Waals surface area contributed by atoms with E-state index in [1.807, 2.05) is 0 Å². The van der Waals surface area contributed by atoms with Gasteiger partial charge >= 0.3 is 0 Å². The summed E-state index contributed by atoms with van der Waals surface area (Å²) in [5.41, 5.74) is 2.93. The molecule has 2 rings (SSSR count). The van der Waals surface area contributed by atoms with E-state index < -0.39 is 5.82 Å². The van der Waals surface area contributed by atoms with Crippen molar-refractivity contribution in [2.75, 3.05) is 13.1 Å². The minimum absolute atomic E-state index is 0.260. The number of nitrogens with one attached hydrogen (secondary N) is 2. The average Bonchev–Trinajstić information content (AvgIpc) is 2.75. The lowest BCUT2D eigenvalue weighted by Crippen LogP contribution is -2.30. The van der Waals surface area contributed by atoms with Crippen LogP contribution in [0.4, 0.5) is 4.39 Å². The molecule has 16 heavy (non-hydrogen) atoms. The van der Waals surface area contributed by atoms with E-state index >= 15 is 0 Å². The molecule has 1 aromatic rings. The van der Waals surface area contributed by atoms with Gasteiger partial charge in [-0.15, -0.1) is 0 Å². The van der Waals surface area contributed by atoms with E-state index in [2.05, 4.69) is 20.8 Å². The maximum absolute atomic E-state index is 13.3. The van der Waals surface area contributed by atoms with E-state index in [0.29, 0.717) is 11.0 Å². The molecule has 0 spiro atoms. The van der Waals surface area contributed by atoms with Gasteiger partial charge < -0.3 is 5.32 Å². The van der Waals surface area contributed by atoms with Gasteiger partial charge in [-0.2, -0.15) is 5.10 Å². The number of hydrogen-bond acceptors (Lipinski definition) is 4. The molecular formula is C10H10ClFN4. The zero-order valence-corrected chi connectivity index (χ0v) is 9.13. The molecule has 2 N–H and O–H groups in total. The topological polar surface area (TPSA) is 48.8 Å². The maximum Gasteiger partial charge on any atom is 0.212 e. The molecular weight excluding hydrogens is 231 g/mol. The Labute approximate surface area is 97.2 Å². The van der Waals surface area contributed by atoms with Crippen molar-refractivity contribution in [3.8, 4) is 0 Å². The molecule has 0 fully saturated rings. The van der Waals surface area contributed by atoms with Crippen LogP contribution in [0.25, 0.3) is 0 Å². The van der Waals surface area contributed by atoms with Crippen molar-refractivity contribution in [2.24, 2.45) is 10.1 Å². The van der Waals surface area contributed by atoms with Crippen LogP contribution in [0, 0.1) is 5.82 Å². The van der Waals surface area contributed by atoms with Crippen molar-refractivity contribution in [1.82, 2.24) is 10.7 Å². The first-order valence-corrected chi connectivity index (χ1v) is 5.16. The quantitative estimate of drug-likeness (QED) is 0.606. The van der Waals surface area contributed by atoms with Crippen molar-refractivity contribution < 1.29 is 4.39 Å². The van der Waals surface area contributed by atoms with E-state index in [-0.39, 0.29) is 5.56 Å². The van der Waals surface area contributed by atoms with Crippen LogP contribution in [0.5, 0.6) is 0 Å². The largest absolute Gasteiger partial charge is 0.353 e. The fraction of sp³-hybridized carbons (Fsp3) is 0.200. The van der Waals surface area contributed by atoms with Crippen molar-refractivity contribution >= 4 is 23.8 Å². The van der Waals surface area contributed by atoms with E-state index in [0.717, 1.165) is 13.1 Å². The van der Waals surface area contributed by atoms with E-state index in [9.17, 15) is 4.39 Å². The Morgan fingerprint density at radius 2 is 2.44 bits per heavy atom. The van der Waals surface area contributed by atoms with Gasteiger partial charge in [0.05, 0.1) is 17.8 Å². The van der Waals surface area contributed by atoms with Gasteiger partial charge in [-0.25, -0.2) is 14.8 Å². The summed E-state index contributed by atoms with van der Waals surface area (Å²) in [6.07, 6.45) is 1.33. The number of hydrazone groups is 1. The summed E-state index contributed by atoms with van der Waals surface area (Å²) in [5, 5.41) is 7.15. The highest BCUT2D eigenvalue weighted by atomic mass is 35.5. The van der Waals surface area contributed by atoms with Crippen molar-refractivity contribution in [1.29, 1.82) is 0 Å². The lowest BCUT2D eigenvalue weighted by molar-refractivity contribution is 0.626. The average molecular weight is 241 g/mol. The molecule has 0 radical (unpaired) electrons. The molecule has 0 bridgehead atoms. The molecule has 0 unspecified atom stereocenters. The molecule has 0 saturated heterocycles. The summed E-state index contributed by atoms with van der Waals surface area (Å²) in [5.74, 6) is 0.183. The first-order chi connectivity index (χ1) is 7.77. The van der Waals surface area contributed by atoms with Crippen LogP contribution in [-0.2, 0) is 0 Å². The number of halogens is 2. The summed E-state index contributed by atoms with van der Waals surface area (Å²) < 4.78 is 13.3. The van der Waals surface area contributed by atoms with E-state index in [1.54, 1.807) is 12.1 Å². The fourth-order valence-electron chi connectivity index (χ4n) is 1.26. The van der Waals surface area contributed by atoms with Crippen LogP contribution in [0.2, 0.25) is 5.02 Å². The Morgan fingerprint density at radius 3 is 3.12 bits per heavy atom. The molecule has 1 aliphatic heterocycles. The SMILES string of the molecule is Fc1cccc(Cl)c1/C=N/NC1=NCCN1. The molecule has 6 heteroatoms. The van der Waals surface area contributed by atoms with Crippen LogP contribution < -0.4 is 10.7 Å². The first kappa shape index (κ1) is 10.9. The summed E-state index contributed by atoms with van der Waals surface area (Å²) in [7, 11) is 0. The number of rotatable bonds is 2. The minimum atomic E-state index is -0.403. The molecule has 0 aliphatic carbocycles. The van der Waals surface area contributed by atoms with Gasteiger partial charge in [0.25, 0.3) is 0 Å². The van der Waals surface area contributed by atoms with Gasteiger partial charge in [-0.05, 0) is 12.1 Å². The monoisotopic (exact) mass is 240 g/mol. The summed E-state index contributed by atoms with van der Waals surface area (Å²) >= 11 is 5.82. The number of guanidine groups is 1. The minimum Gasteiger partial charge on any atom is -0.353 e. The third kappa shape index (κ3) is 2.49. The maximum atomic E-state index is 13.3. The summed E-state index contributed by atoms with van der Waals surface area (Å²) in [4.78, 5) is 4.07. The molecule has 0 aromatic heterocycles. The standard InChI is InChI=1S/C10H10ClFN4/c11-8-2-1-3-9(12)7(8)6-15-16-10-13-4-5-14-10/h1-3,6H,4-5H2,(H2,13,14,16)/b15-6+. The Morgan fingerprint density at radius 1 is 1.56 bits per heavy atom. The molecule has 4 nitrogen and oxygen atoms in total. The first-order valence-electron chi connectivity index (χ1n) is 4.79. The second-order valence-electron chi connectivity index (χ2n) is 3.16. The second-order valence-corrected chi connectivity index (χ2v) is 3.57. The molecule has 0 saturated carbocycles. The highest BCUT2D eigenvalue weighted by Crippen LogP contribution is 2.16. The molecule has 1 aliphatic rings. The van der Waals surface area contributed by atoms with Crippen LogP contribution >= 0.6 is 11.6 Å².